The summed E-state index contributed by atoms with van der Waals surface area (Å²) in [7, 11) is 0. The van der Waals surface area contributed by atoms with Crippen molar-refractivity contribution in [1.82, 2.24) is 9.88 Å². The lowest BCUT2D eigenvalue weighted by atomic mass is 9.84. The molecule has 2 bridgehead atoms. The summed E-state index contributed by atoms with van der Waals surface area (Å²) in [6, 6.07) is 11.2. The van der Waals surface area contributed by atoms with Gasteiger partial charge in [-0.1, -0.05) is 35.1 Å². The van der Waals surface area contributed by atoms with Crippen molar-refractivity contribution in [1.29, 1.82) is 0 Å². The molecule has 0 aliphatic carbocycles. The van der Waals surface area contributed by atoms with Crippen LogP contribution >= 0.6 is 22.9 Å². The zero-order valence-electron chi connectivity index (χ0n) is 16.8. The summed E-state index contributed by atoms with van der Waals surface area (Å²) in [5.74, 6) is -0.450. The summed E-state index contributed by atoms with van der Waals surface area (Å²) in [6.07, 6.45) is -3.87. The monoisotopic (exact) mass is 481 g/mol. The van der Waals surface area contributed by atoms with Crippen LogP contribution in [0.15, 0.2) is 42.5 Å². The van der Waals surface area contributed by atoms with E-state index in [2.05, 4.69) is 9.64 Å². The number of carbonyl (C=O) groups excluding carboxylic acids is 1. The molecular formula is C22H19ClF3N3O2S. The van der Waals surface area contributed by atoms with Gasteiger partial charge < -0.3 is 14.5 Å². The minimum Gasteiger partial charge on any atom is -0.405 e. The van der Waals surface area contributed by atoms with Crippen LogP contribution in [0.4, 0.5) is 18.3 Å². The molecular weight excluding hydrogens is 463 g/mol. The lowest BCUT2D eigenvalue weighted by molar-refractivity contribution is -0.274. The molecule has 5 rings (SSSR count). The zero-order chi connectivity index (χ0) is 22.5. The highest BCUT2D eigenvalue weighted by Gasteiger charge is 2.38. The number of rotatable bonds is 3. The van der Waals surface area contributed by atoms with E-state index in [1.54, 1.807) is 22.3 Å². The zero-order valence-corrected chi connectivity index (χ0v) is 18.4. The maximum atomic E-state index is 13.1. The number of thiazole rings is 1. The van der Waals surface area contributed by atoms with Crippen LogP contribution in [0.25, 0.3) is 10.2 Å². The summed E-state index contributed by atoms with van der Waals surface area (Å²) in [6.45, 7) is 2.47. The van der Waals surface area contributed by atoms with Crippen LogP contribution in [0.3, 0.4) is 0 Å². The molecule has 1 amide bonds. The molecule has 5 nitrogen and oxygen atoms in total. The molecule has 0 radical (unpaired) electrons. The van der Waals surface area contributed by atoms with Gasteiger partial charge in [-0.2, -0.15) is 0 Å². The van der Waals surface area contributed by atoms with Gasteiger partial charge in [-0.15, -0.1) is 13.2 Å². The minimum atomic E-state index is -4.85. The molecule has 1 aromatic heterocycles. The Labute approximate surface area is 191 Å². The molecule has 0 spiro atoms. The third kappa shape index (κ3) is 4.36. The fourth-order valence-electron chi connectivity index (χ4n) is 4.65. The van der Waals surface area contributed by atoms with E-state index in [4.69, 9.17) is 16.6 Å². The van der Waals surface area contributed by atoms with Crippen LogP contribution in [0.2, 0.25) is 5.02 Å². The fraction of sp³-hybridized carbons (Fsp3) is 0.364. The second-order valence-corrected chi connectivity index (χ2v) is 9.68. The van der Waals surface area contributed by atoms with E-state index in [1.807, 2.05) is 18.2 Å². The van der Waals surface area contributed by atoms with Crippen molar-refractivity contribution >= 4 is 44.2 Å². The number of halogens is 4. The summed E-state index contributed by atoms with van der Waals surface area (Å²) in [5.41, 5.74) is 0.841. The Morgan fingerprint density at radius 2 is 1.81 bits per heavy atom. The van der Waals surface area contributed by atoms with Crippen molar-refractivity contribution in [2.75, 3.05) is 31.1 Å². The molecule has 168 valence electrons. The number of carbonyl (C=O) groups is 1. The summed E-state index contributed by atoms with van der Waals surface area (Å²) < 4.78 is 43.4. The lowest BCUT2D eigenvalue weighted by Crippen LogP contribution is -2.54. The maximum Gasteiger partial charge on any atom is 0.573 e. The average Bonchev–Trinajstić information content (AvgIpc) is 3.15. The Bertz CT molecular complexity index is 1150. The molecule has 3 heterocycles. The number of para-hydroxylation sites is 1. The van der Waals surface area contributed by atoms with Crippen LogP contribution in [0, 0.1) is 11.8 Å². The number of fused-ring (bicyclic) bond motifs is 3. The number of amides is 1. The van der Waals surface area contributed by atoms with Gasteiger partial charge in [0.25, 0.3) is 5.91 Å². The van der Waals surface area contributed by atoms with Gasteiger partial charge in [0.15, 0.2) is 5.13 Å². The van der Waals surface area contributed by atoms with Crippen LogP contribution in [-0.2, 0) is 0 Å². The van der Waals surface area contributed by atoms with E-state index in [-0.39, 0.29) is 17.4 Å². The van der Waals surface area contributed by atoms with Crippen molar-refractivity contribution in [3.05, 3.63) is 53.1 Å². The highest BCUT2D eigenvalue weighted by atomic mass is 35.5. The highest BCUT2D eigenvalue weighted by Crippen LogP contribution is 2.37. The van der Waals surface area contributed by atoms with Crippen molar-refractivity contribution in [3.8, 4) is 5.75 Å². The van der Waals surface area contributed by atoms with Gasteiger partial charge in [-0.05, 0) is 48.6 Å². The molecule has 2 unspecified atom stereocenters. The number of likely N-dealkylation sites (tertiary alicyclic amines) is 1. The normalized spacial score (nSPS) is 21.1. The lowest BCUT2D eigenvalue weighted by Gasteiger charge is -2.45. The number of hydrogen-bond donors (Lipinski definition) is 0. The standard InChI is InChI=1S/C22H19ClF3N3O2S/c23-15-5-6-17-19(8-15)32-21(27-17)29-11-13-7-14(12-29)10-28(9-13)20(30)16-3-1-2-4-18(16)31-22(24,25)26/h1-6,8,13-14H,7,9-12H2. The molecule has 2 saturated heterocycles. The quantitative estimate of drug-likeness (QED) is 0.499. The van der Waals surface area contributed by atoms with Gasteiger partial charge in [0.2, 0.25) is 0 Å². The van der Waals surface area contributed by atoms with E-state index in [0.717, 1.165) is 34.9 Å². The Kier molecular flexibility index (Phi) is 5.41. The van der Waals surface area contributed by atoms with Crippen LogP contribution < -0.4 is 9.64 Å². The van der Waals surface area contributed by atoms with Crippen molar-refractivity contribution < 1.29 is 22.7 Å². The number of nitrogens with zero attached hydrogens (tertiary/aromatic N) is 3. The molecule has 2 aliphatic rings. The van der Waals surface area contributed by atoms with Crippen molar-refractivity contribution in [2.45, 2.75) is 12.8 Å². The second kappa shape index (κ2) is 8.12. The SMILES string of the molecule is O=C(c1ccccc1OC(F)(F)F)N1CC2CC(C1)CN(c1nc3ccc(Cl)cc3s1)C2. The number of benzene rings is 2. The van der Waals surface area contributed by atoms with Crippen molar-refractivity contribution in [3.63, 3.8) is 0 Å². The molecule has 0 N–H and O–H groups in total. The first-order valence-electron chi connectivity index (χ1n) is 10.2. The predicted octanol–water partition coefficient (Wildman–Crippen LogP) is 5.45. The molecule has 0 saturated carbocycles. The summed E-state index contributed by atoms with van der Waals surface area (Å²) >= 11 is 7.69. The molecule has 2 aliphatic heterocycles. The molecule has 3 aromatic rings. The Morgan fingerprint density at radius 1 is 1.09 bits per heavy atom. The number of piperidine rings is 2. The van der Waals surface area contributed by atoms with Gasteiger partial charge in [0.1, 0.15) is 5.75 Å². The van der Waals surface area contributed by atoms with Gasteiger partial charge in [-0.25, -0.2) is 4.98 Å². The van der Waals surface area contributed by atoms with Gasteiger partial charge >= 0.3 is 6.36 Å². The first-order valence-corrected chi connectivity index (χ1v) is 11.4. The number of alkyl halides is 3. The topological polar surface area (TPSA) is 45.7 Å². The Morgan fingerprint density at radius 3 is 2.53 bits per heavy atom. The van der Waals surface area contributed by atoms with E-state index in [1.165, 1.54) is 18.2 Å². The second-order valence-electron chi connectivity index (χ2n) is 8.24. The summed E-state index contributed by atoms with van der Waals surface area (Å²) in [5, 5.41) is 1.60. The Hall–Kier alpha value is -2.52. The molecule has 2 atom stereocenters. The average molecular weight is 482 g/mol. The fourth-order valence-corrected chi connectivity index (χ4v) is 5.91. The van der Waals surface area contributed by atoms with Gasteiger partial charge in [0.05, 0.1) is 15.8 Å². The first kappa shape index (κ1) is 21.3. The smallest absolute Gasteiger partial charge is 0.405 e. The summed E-state index contributed by atoms with van der Waals surface area (Å²) in [4.78, 5) is 21.7. The number of ether oxygens (including phenoxy) is 1. The van der Waals surface area contributed by atoms with E-state index >= 15 is 0 Å². The third-order valence-corrected chi connectivity index (χ3v) is 7.14. The molecule has 2 aromatic carbocycles. The highest BCUT2D eigenvalue weighted by molar-refractivity contribution is 7.22. The number of aromatic nitrogens is 1. The predicted molar refractivity (Wildman–Crippen MR) is 117 cm³/mol. The number of anilines is 1. The van der Waals surface area contributed by atoms with Crippen LogP contribution in [-0.4, -0.2) is 48.3 Å². The van der Waals surface area contributed by atoms with E-state index < -0.39 is 18.0 Å². The van der Waals surface area contributed by atoms with Crippen molar-refractivity contribution in [2.24, 2.45) is 11.8 Å². The Balaban J connectivity index is 1.32. The van der Waals surface area contributed by atoms with E-state index in [9.17, 15) is 18.0 Å². The van der Waals surface area contributed by atoms with Crippen LogP contribution in [0.1, 0.15) is 16.8 Å². The van der Waals surface area contributed by atoms with Gasteiger partial charge in [0, 0.05) is 31.2 Å². The molecule has 2 fully saturated rings. The minimum absolute atomic E-state index is 0.0651. The molecule has 10 heteroatoms. The van der Waals surface area contributed by atoms with Crippen LogP contribution in [0.5, 0.6) is 5.75 Å². The third-order valence-electron chi connectivity index (χ3n) is 5.82. The van der Waals surface area contributed by atoms with E-state index in [0.29, 0.717) is 18.1 Å². The maximum absolute atomic E-state index is 13.1. The largest absolute Gasteiger partial charge is 0.573 e. The number of hydrogen-bond acceptors (Lipinski definition) is 5. The first-order chi connectivity index (χ1) is 15.2. The molecule has 32 heavy (non-hydrogen) atoms. The van der Waals surface area contributed by atoms with Gasteiger partial charge in [-0.3, -0.25) is 4.79 Å².